The van der Waals surface area contributed by atoms with Crippen LogP contribution in [0.5, 0.6) is 5.75 Å². The highest BCUT2D eigenvalue weighted by atomic mass is 16.5. The van der Waals surface area contributed by atoms with Crippen molar-refractivity contribution in [1.29, 1.82) is 0 Å². The number of benzene rings is 2. The first-order valence-electron chi connectivity index (χ1n) is 8.07. The minimum atomic E-state index is 0.0235. The first kappa shape index (κ1) is 16.3. The summed E-state index contributed by atoms with van der Waals surface area (Å²) in [5.41, 5.74) is 2.46. The molecule has 24 heavy (non-hydrogen) atoms. The van der Waals surface area contributed by atoms with E-state index in [1.54, 1.807) is 7.11 Å². The van der Waals surface area contributed by atoms with Crippen LogP contribution in [0.3, 0.4) is 0 Å². The number of carbonyl (C=O) groups is 1. The molecule has 1 amide bonds. The first-order valence-corrected chi connectivity index (χ1v) is 8.07. The summed E-state index contributed by atoms with van der Waals surface area (Å²) in [6.45, 7) is 2.41. The van der Waals surface area contributed by atoms with Crippen molar-refractivity contribution >= 4 is 17.6 Å². The minimum absolute atomic E-state index is 0.0235. The number of morpholine rings is 1. The second kappa shape index (κ2) is 7.79. The number of methoxy groups -OCH3 is 1. The maximum absolute atomic E-state index is 13.1. The molecule has 3 rings (SSSR count). The smallest absolute Gasteiger partial charge is 0.254 e. The van der Waals surface area contributed by atoms with Crippen molar-refractivity contribution in [3.05, 3.63) is 65.7 Å². The van der Waals surface area contributed by atoms with E-state index in [1.807, 2.05) is 65.6 Å². The van der Waals surface area contributed by atoms with Crippen molar-refractivity contribution in [3.63, 3.8) is 0 Å². The molecule has 1 heterocycles. The Labute approximate surface area is 142 Å². The lowest BCUT2D eigenvalue weighted by Gasteiger charge is -2.28. The first-order chi connectivity index (χ1) is 11.8. The van der Waals surface area contributed by atoms with Crippen LogP contribution in [0, 0.1) is 0 Å². The van der Waals surface area contributed by atoms with Gasteiger partial charge in [-0.1, -0.05) is 48.5 Å². The Bertz CT molecular complexity index is 719. The van der Waals surface area contributed by atoms with Gasteiger partial charge in [-0.25, -0.2) is 0 Å². The van der Waals surface area contributed by atoms with E-state index in [4.69, 9.17) is 9.47 Å². The Morgan fingerprint density at radius 3 is 2.42 bits per heavy atom. The Kier molecular flexibility index (Phi) is 5.29. The molecule has 0 radical (unpaired) electrons. The standard InChI is InChI=1S/C20H21NO3/c1-23-19-10-6-5-9-17(19)15-18(16-7-3-2-4-8-16)20(22)21-11-13-24-14-12-21/h2-10,15H,11-14H2,1H3/b18-15+. The van der Waals surface area contributed by atoms with Gasteiger partial charge in [-0.05, 0) is 17.7 Å². The van der Waals surface area contributed by atoms with E-state index in [0.29, 0.717) is 31.9 Å². The summed E-state index contributed by atoms with van der Waals surface area (Å²) in [4.78, 5) is 14.9. The van der Waals surface area contributed by atoms with Crippen LogP contribution in [0.4, 0.5) is 0 Å². The summed E-state index contributed by atoms with van der Waals surface area (Å²) in [5.74, 6) is 0.774. The zero-order chi connectivity index (χ0) is 16.8. The van der Waals surface area contributed by atoms with E-state index >= 15 is 0 Å². The van der Waals surface area contributed by atoms with Crippen LogP contribution in [0.25, 0.3) is 11.6 Å². The van der Waals surface area contributed by atoms with E-state index in [1.165, 1.54) is 0 Å². The topological polar surface area (TPSA) is 38.8 Å². The summed E-state index contributed by atoms with van der Waals surface area (Å²) < 4.78 is 10.8. The number of hydrogen-bond donors (Lipinski definition) is 0. The fourth-order valence-electron chi connectivity index (χ4n) is 2.76. The lowest BCUT2D eigenvalue weighted by atomic mass is 10.0. The molecule has 0 aromatic heterocycles. The molecular weight excluding hydrogens is 302 g/mol. The Balaban J connectivity index is 2.02. The molecule has 1 fully saturated rings. The molecule has 0 atom stereocenters. The van der Waals surface area contributed by atoms with Gasteiger partial charge in [0.25, 0.3) is 5.91 Å². The van der Waals surface area contributed by atoms with Crippen LogP contribution in [0.15, 0.2) is 54.6 Å². The van der Waals surface area contributed by atoms with Gasteiger partial charge in [-0.15, -0.1) is 0 Å². The van der Waals surface area contributed by atoms with Gasteiger partial charge in [-0.3, -0.25) is 4.79 Å². The number of nitrogens with zero attached hydrogens (tertiary/aromatic N) is 1. The summed E-state index contributed by atoms with van der Waals surface area (Å²) in [7, 11) is 1.64. The van der Waals surface area contributed by atoms with Crippen molar-refractivity contribution in [2.24, 2.45) is 0 Å². The van der Waals surface area contributed by atoms with Gasteiger partial charge in [0, 0.05) is 24.2 Å². The fourth-order valence-corrected chi connectivity index (χ4v) is 2.76. The largest absolute Gasteiger partial charge is 0.496 e. The van der Waals surface area contributed by atoms with E-state index in [0.717, 1.165) is 16.9 Å². The quantitative estimate of drug-likeness (QED) is 0.641. The predicted octanol–water partition coefficient (Wildman–Crippen LogP) is 3.09. The zero-order valence-corrected chi connectivity index (χ0v) is 13.8. The third-order valence-electron chi connectivity index (χ3n) is 4.05. The van der Waals surface area contributed by atoms with Crippen LogP contribution in [-0.4, -0.2) is 44.2 Å². The average Bonchev–Trinajstić information content (AvgIpc) is 2.67. The lowest BCUT2D eigenvalue weighted by molar-refractivity contribution is -0.128. The summed E-state index contributed by atoms with van der Waals surface area (Å²) in [6, 6.07) is 17.5. The van der Waals surface area contributed by atoms with E-state index in [2.05, 4.69) is 0 Å². The average molecular weight is 323 g/mol. The monoisotopic (exact) mass is 323 g/mol. The highest BCUT2D eigenvalue weighted by Crippen LogP contribution is 2.26. The third kappa shape index (κ3) is 3.66. The Morgan fingerprint density at radius 1 is 1.04 bits per heavy atom. The van der Waals surface area contributed by atoms with Gasteiger partial charge in [0.2, 0.25) is 0 Å². The molecule has 0 aliphatic carbocycles. The SMILES string of the molecule is COc1ccccc1/C=C(/C(=O)N1CCOCC1)c1ccccc1. The molecule has 0 bridgehead atoms. The molecule has 0 saturated carbocycles. The van der Waals surface area contributed by atoms with E-state index < -0.39 is 0 Å². The maximum Gasteiger partial charge on any atom is 0.254 e. The van der Waals surface area contributed by atoms with Crippen LogP contribution in [0.2, 0.25) is 0 Å². The molecule has 4 nitrogen and oxygen atoms in total. The predicted molar refractivity (Wildman–Crippen MR) is 94.7 cm³/mol. The summed E-state index contributed by atoms with van der Waals surface area (Å²) in [6.07, 6.45) is 1.91. The molecule has 124 valence electrons. The van der Waals surface area contributed by atoms with Crippen LogP contribution < -0.4 is 4.74 Å². The van der Waals surface area contributed by atoms with Gasteiger partial charge in [0.1, 0.15) is 5.75 Å². The number of para-hydroxylation sites is 1. The number of ether oxygens (including phenoxy) is 2. The van der Waals surface area contributed by atoms with Crippen molar-refractivity contribution in [2.75, 3.05) is 33.4 Å². The van der Waals surface area contributed by atoms with Gasteiger partial charge in [-0.2, -0.15) is 0 Å². The maximum atomic E-state index is 13.1. The van der Waals surface area contributed by atoms with Crippen molar-refractivity contribution in [2.45, 2.75) is 0 Å². The second-order valence-electron chi connectivity index (χ2n) is 5.57. The zero-order valence-electron chi connectivity index (χ0n) is 13.8. The third-order valence-corrected chi connectivity index (χ3v) is 4.05. The van der Waals surface area contributed by atoms with Crippen molar-refractivity contribution < 1.29 is 14.3 Å². The fraction of sp³-hybridized carbons (Fsp3) is 0.250. The van der Waals surface area contributed by atoms with Crippen LogP contribution >= 0.6 is 0 Å². The van der Waals surface area contributed by atoms with Gasteiger partial charge in [0.05, 0.1) is 20.3 Å². The molecule has 1 aliphatic heterocycles. The van der Waals surface area contributed by atoms with E-state index in [-0.39, 0.29) is 5.91 Å². The van der Waals surface area contributed by atoms with Gasteiger partial charge >= 0.3 is 0 Å². The summed E-state index contributed by atoms with van der Waals surface area (Å²) >= 11 is 0. The van der Waals surface area contributed by atoms with E-state index in [9.17, 15) is 4.79 Å². The molecule has 1 aliphatic rings. The number of hydrogen-bond acceptors (Lipinski definition) is 3. The highest BCUT2D eigenvalue weighted by molar-refractivity contribution is 6.24. The number of carbonyl (C=O) groups excluding carboxylic acids is 1. The second-order valence-corrected chi connectivity index (χ2v) is 5.57. The number of amides is 1. The Morgan fingerprint density at radius 2 is 1.71 bits per heavy atom. The van der Waals surface area contributed by atoms with Crippen molar-refractivity contribution in [3.8, 4) is 5.75 Å². The van der Waals surface area contributed by atoms with Crippen LogP contribution in [-0.2, 0) is 9.53 Å². The van der Waals surface area contributed by atoms with Gasteiger partial charge < -0.3 is 14.4 Å². The lowest BCUT2D eigenvalue weighted by Crippen LogP contribution is -2.41. The minimum Gasteiger partial charge on any atom is -0.496 e. The molecule has 2 aromatic carbocycles. The molecule has 0 spiro atoms. The molecule has 0 unspecified atom stereocenters. The molecule has 0 N–H and O–H groups in total. The Hall–Kier alpha value is -2.59. The van der Waals surface area contributed by atoms with Gasteiger partial charge in [0.15, 0.2) is 0 Å². The highest BCUT2D eigenvalue weighted by Gasteiger charge is 2.22. The van der Waals surface area contributed by atoms with Crippen LogP contribution in [0.1, 0.15) is 11.1 Å². The van der Waals surface area contributed by atoms with Crippen molar-refractivity contribution in [1.82, 2.24) is 4.90 Å². The summed E-state index contributed by atoms with van der Waals surface area (Å²) in [5, 5.41) is 0. The molecule has 2 aromatic rings. The molecular formula is C20H21NO3. The molecule has 1 saturated heterocycles. The molecule has 4 heteroatoms. The number of rotatable bonds is 4. The normalized spacial score (nSPS) is 15.2.